The number of carboxylic acids is 1. The molecule has 0 bridgehead atoms. The number of benzene rings is 1. The summed E-state index contributed by atoms with van der Waals surface area (Å²) in [5.74, 6) is -1.80. The molecule has 20 heavy (non-hydrogen) atoms. The molecule has 1 saturated heterocycles. The maximum atomic E-state index is 12.1. The molecule has 2 amide bonds. The highest BCUT2D eigenvalue weighted by atomic mass is 127. The van der Waals surface area contributed by atoms with Crippen molar-refractivity contribution in [2.45, 2.75) is 19.0 Å². The van der Waals surface area contributed by atoms with Crippen molar-refractivity contribution in [2.75, 3.05) is 6.54 Å². The number of nitrogens with one attached hydrogen (secondary N) is 1. The first kappa shape index (κ1) is 14.8. The molecule has 0 spiro atoms. The first-order valence-corrected chi connectivity index (χ1v) is 7.08. The summed E-state index contributed by atoms with van der Waals surface area (Å²) in [6.07, 6.45) is -0.395. The Balaban J connectivity index is 2.09. The van der Waals surface area contributed by atoms with Gasteiger partial charge in [-0.3, -0.25) is 14.4 Å². The number of rotatable bonds is 4. The maximum absolute atomic E-state index is 12.1. The van der Waals surface area contributed by atoms with Crippen molar-refractivity contribution >= 4 is 40.4 Å². The molecule has 7 heteroatoms. The molecule has 0 aliphatic carbocycles. The largest absolute Gasteiger partial charge is 0.481 e. The van der Waals surface area contributed by atoms with Gasteiger partial charge in [-0.05, 0) is 40.3 Å². The predicted molar refractivity (Wildman–Crippen MR) is 78.8 cm³/mol. The van der Waals surface area contributed by atoms with Crippen LogP contribution in [0.15, 0.2) is 24.3 Å². The van der Waals surface area contributed by atoms with Gasteiger partial charge in [-0.2, -0.15) is 0 Å². The van der Waals surface area contributed by atoms with Crippen LogP contribution in [-0.2, 0) is 20.9 Å². The zero-order valence-corrected chi connectivity index (χ0v) is 12.7. The summed E-state index contributed by atoms with van der Waals surface area (Å²) < 4.78 is 1.08. The monoisotopic (exact) mass is 388 g/mol. The number of piperazine rings is 1. The SMILES string of the molecule is O=C(O)C[C@@H]1NC(=O)CN(Cc2ccc(I)cc2)C1=O. The van der Waals surface area contributed by atoms with Crippen LogP contribution in [0.2, 0.25) is 0 Å². The number of carbonyl (C=O) groups is 3. The molecular weight excluding hydrogens is 375 g/mol. The lowest BCUT2D eigenvalue weighted by molar-refractivity contribution is -0.148. The molecule has 6 nitrogen and oxygen atoms in total. The second-order valence-electron chi connectivity index (χ2n) is 4.54. The number of hydrogen-bond donors (Lipinski definition) is 2. The molecule has 106 valence electrons. The normalized spacial score (nSPS) is 18.9. The van der Waals surface area contributed by atoms with Gasteiger partial charge in [0, 0.05) is 10.1 Å². The Labute approximate surface area is 129 Å². The van der Waals surface area contributed by atoms with Crippen LogP contribution < -0.4 is 5.32 Å². The highest BCUT2D eigenvalue weighted by Gasteiger charge is 2.33. The zero-order valence-electron chi connectivity index (χ0n) is 10.5. The Morgan fingerprint density at radius 2 is 2.00 bits per heavy atom. The van der Waals surface area contributed by atoms with E-state index in [2.05, 4.69) is 27.9 Å². The minimum Gasteiger partial charge on any atom is -0.481 e. The third-order valence-corrected chi connectivity index (χ3v) is 3.66. The van der Waals surface area contributed by atoms with Gasteiger partial charge in [-0.1, -0.05) is 12.1 Å². The van der Waals surface area contributed by atoms with E-state index in [1.165, 1.54) is 4.90 Å². The third kappa shape index (κ3) is 3.69. The van der Waals surface area contributed by atoms with Gasteiger partial charge in [-0.25, -0.2) is 0 Å². The van der Waals surface area contributed by atoms with E-state index in [1.807, 2.05) is 24.3 Å². The molecule has 1 aromatic carbocycles. The summed E-state index contributed by atoms with van der Waals surface area (Å²) in [6, 6.07) is 6.62. The van der Waals surface area contributed by atoms with Crippen LogP contribution >= 0.6 is 22.6 Å². The Morgan fingerprint density at radius 1 is 1.35 bits per heavy atom. The smallest absolute Gasteiger partial charge is 0.305 e. The summed E-state index contributed by atoms with van der Waals surface area (Å²) >= 11 is 2.18. The van der Waals surface area contributed by atoms with Crippen molar-refractivity contribution in [1.82, 2.24) is 10.2 Å². The van der Waals surface area contributed by atoms with Crippen molar-refractivity contribution in [1.29, 1.82) is 0 Å². The van der Waals surface area contributed by atoms with Crippen LogP contribution in [0.3, 0.4) is 0 Å². The van der Waals surface area contributed by atoms with Crippen LogP contribution in [-0.4, -0.2) is 40.4 Å². The molecule has 2 N–H and O–H groups in total. The lowest BCUT2D eigenvalue weighted by Crippen LogP contribution is -2.58. The van der Waals surface area contributed by atoms with Crippen LogP contribution in [0.4, 0.5) is 0 Å². The highest BCUT2D eigenvalue weighted by molar-refractivity contribution is 14.1. The minimum absolute atomic E-state index is 0.0407. The van der Waals surface area contributed by atoms with E-state index in [0.717, 1.165) is 9.13 Å². The fraction of sp³-hybridized carbons (Fsp3) is 0.308. The number of amides is 2. The van der Waals surface area contributed by atoms with Gasteiger partial charge in [0.25, 0.3) is 0 Å². The molecule has 0 radical (unpaired) electrons. The lowest BCUT2D eigenvalue weighted by atomic mass is 10.1. The molecule has 1 aromatic rings. The van der Waals surface area contributed by atoms with Gasteiger partial charge in [0.1, 0.15) is 6.04 Å². The molecule has 0 saturated carbocycles. The first-order chi connectivity index (χ1) is 9.45. The molecule has 1 fully saturated rings. The van der Waals surface area contributed by atoms with Crippen LogP contribution in [0.5, 0.6) is 0 Å². The maximum Gasteiger partial charge on any atom is 0.305 e. The number of halogens is 1. The summed E-state index contributed by atoms with van der Waals surface area (Å²) in [5, 5.41) is 11.2. The molecule has 2 rings (SSSR count). The highest BCUT2D eigenvalue weighted by Crippen LogP contribution is 2.13. The first-order valence-electron chi connectivity index (χ1n) is 6.00. The molecule has 1 aliphatic heterocycles. The summed E-state index contributed by atoms with van der Waals surface area (Å²) in [7, 11) is 0. The predicted octanol–water partition coefficient (Wildman–Crippen LogP) is 0.593. The van der Waals surface area contributed by atoms with Gasteiger partial charge < -0.3 is 15.3 Å². The fourth-order valence-corrected chi connectivity index (χ4v) is 2.39. The summed E-state index contributed by atoms with van der Waals surface area (Å²) in [5.41, 5.74) is 0.905. The number of hydrogen-bond acceptors (Lipinski definition) is 3. The second kappa shape index (κ2) is 6.21. The van der Waals surface area contributed by atoms with E-state index in [4.69, 9.17) is 5.11 Å². The quantitative estimate of drug-likeness (QED) is 0.740. The van der Waals surface area contributed by atoms with Crippen molar-refractivity contribution < 1.29 is 19.5 Å². The van der Waals surface area contributed by atoms with E-state index in [0.29, 0.717) is 6.54 Å². The third-order valence-electron chi connectivity index (χ3n) is 2.94. The van der Waals surface area contributed by atoms with E-state index < -0.39 is 18.4 Å². The van der Waals surface area contributed by atoms with E-state index in [9.17, 15) is 14.4 Å². The van der Waals surface area contributed by atoms with Crippen LogP contribution in [0.1, 0.15) is 12.0 Å². The van der Waals surface area contributed by atoms with E-state index >= 15 is 0 Å². The number of nitrogens with zero attached hydrogens (tertiary/aromatic N) is 1. The molecular formula is C13H13IN2O4. The Kier molecular flexibility index (Phi) is 4.58. The number of aliphatic carboxylic acids is 1. The van der Waals surface area contributed by atoms with Crippen molar-refractivity contribution in [3.05, 3.63) is 33.4 Å². The van der Waals surface area contributed by atoms with Crippen molar-refractivity contribution in [3.8, 4) is 0 Å². The standard InChI is InChI=1S/C13H13IN2O4/c14-9-3-1-8(2-4-9)6-16-7-11(17)15-10(13(16)20)5-12(18)19/h1-4,10H,5-7H2,(H,15,17)(H,18,19)/t10-/m0/s1. The Hall–Kier alpha value is -1.64. The molecule has 0 unspecified atom stereocenters. The average molecular weight is 388 g/mol. The topological polar surface area (TPSA) is 86.7 Å². The molecule has 0 aromatic heterocycles. The van der Waals surface area contributed by atoms with Gasteiger partial charge in [0.2, 0.25) is 11.8 Å². The van der Waals surface area contributed by atoms with Crippen molar-refractivity contribution in [2.24, 2.45) is 0 Å². The Morgan fingerprint density at radius 3 is 2.60 bits per heavy atom. The van der Waals surface area contributed by atoms with Crippen LogP contribution in [0.25, 0.3) is 0 Å². The summed E-state index contributed by atoms with van der Waals surface area (Å²) in [6.45, 7) is 0.264. The number of carbonyl (C=O) groups excluding carboxylic acids is 2. The van der Waals surface area contributed by atoms with Crippen LogP contribution in [0, 0.1) is 3.57 Å². The average Bonchev–Trinajstić information content (AvgIpc) is 2.37. The van der Waals surface area contributed by atoms with Gasteiger partial charge in [0.15, 0.2) is 0 Å². The Bertz CT molecular complexity index is 542. The molecule has 1 heterocycles. The number of carboxylic acid groups (broad SMARTS) is 1. The zero-order chi connectivity index (χ0) is 14.7. The van der Waals surface area contributed by atoms with Crippen molar-refractivity contribution in [3.63, 3.8) is 0 Å². The fourth-order valence-electron chi connectivity index (χ4n) is 2.03. The lowest BCUT2D eigenvalue weighted by Gasteiger charge is -2.31. The van der Waals surface area contributed by atoms with Gasteiger partial charge in [0.05, 0.1) is 13.0 Å². The summed E-state index contributed by atoms with van der Waals surface area (Å²) in [4.78, 5) is 35.8. The molecule has 1 aliphatic rings. The van der Waals surface area contributed by atoms with E-state index in [-0.39, 0.29) is 18.4 Å². The van der Waals surface area contributed by atoms with E-state index in [1.54, 1.807) is 0 Å². The minimum atomic E-state index is -1.11. The molecule has 1 atom stereocenters. The second-order valence-corrected chi connectivity index (χ2v) is 5.78. The van der Waals surface area contributed by atoms with Gasteiger partial charge >= 0.3 is 5.97 Å². The van der Waals surface area contributed by atoms with Gasteiger partial charge in [-0.15, -0.1) is 0 Å².